The molecule has 2 aromatic rings. The highest BCUT2D eigenvalue weighted by molar-refractivity contribution is 5.89. The summed E-state index contributed by atoms with van der Waals surface area (Å²) in [5, 5.41) is 0. The predicted octanol–water partition coefficient (Wildman–Crippen LogP) is 2.80. The fourth-order valence-corrected chi connectivity index (χ4v) is 3.75. The van der Waals surface area contributed by atoms with Crippen LogP contribution in [0.2, 0.25) is 0 Å². The molecule has 1 aromatic heterocycles. The Morgan fingerprint density at radius 1 is 1.21 bits per heavy atom. The van der Waals surface area contributed by atoms with Crippen molar-refractivity contribution in [2.45, 2.75) is 51.1 Å². The van der Waals surface area contributed by atoms with E-state index in [1.165, 1.54) is 11.8 Å². The van der Waals surface area contributed by atoms with E-state index in [-0.39, 0.29) is 37.2 Å². The van der Waals surface area contributed by atoms with Crippen molar-refractivity contribution < 1.29 is 40.7 Å². The number of methoxy groups -OCH3 is 1. The third-order valence-electron chi connectivity index (χ3n) is 5.33. The molecule has 0 radical (unpaired) electrons. The molecule has 2 heterocycles. The Labute approximate surface area is 184 Å². The molecule has 0 fully saturated rings. The normalized spacial score (nSPS) is 17.0. The predicted molar refractivity (Wildman–Crippen MR) is 101 cm³/mol. The molecule has 33 heavy (non-hydrogen) atoms. The van der Waals surface area contributed by atoms with Crippen LogP contribution in [-0.4, -0.2) is 45.5 Å². The van der Waals surface area contributed by atoms with E-state index < -0.39 is 59.1 Å². The molecule has 7 nitrogen and oxygen atoms in total. The first-order valence-electron chi connectivity index (χ1n) is 9.76. The molecular formula is C20H20F6N4O3. The number of amides is 1. The second-order valence-corrected chi connectivity index (χ2v) is 7.73. The summed E-state index contributed by atoms with van der Waals surface area (Å²) in [5.41, 5.74) is 4.99. The van der Waals surface area contributed by atoms with Gasteiger partial charge in [-0.1, -0.05) is 0 Å². The highest BCUT2D eigenvalue weighted by atomic mass is 19.4. The Hall–Kier alpha value is -3.09. The largest absolute Gasteiger partial charge is 0.464 e. The number of halogens is 6. The number of carbonyl (C=O) groups is 2. The molecule has 0 saturated heterocycles. The van der Waals surface area contributed by atoms with Crippen molar-refractivity contribution in [2.24, 2.45) is 5.73 Å². The summed E-state index contributed by atoms with van der Waals surface area (Å²) in [6.07, 6.45) is -5.46. The van der Waals surface area contributed by atoms with Gasteiger partial charge in [-0.05, 0) is 25.0 Å². The smallest absolute Gasteiger partial charge is 0.449 e. The molecule has 13 heteroatoms. The number of nitrogens with two attached hydrogens (primary N) is 1. The Bertz CT molecular complexity index is 1080. The molecule has 1 aliphatic heterocycles. The first kappa shape index (κ1) is 24.6. The Morgan fingerprint density at radius 2 is 1.85 bits per heavy atom. The summed E-state index contributed by atoms with van der Waals surface area (Å²) in [7, 11) is 0.992. The molecule has 180 valence electrons. The SMILES string of the molecule is COC(=O)c1nc(C(F)(F)F)n2c1CN(C(=O)C[C@H](N)Cc1cc(F)c(F)cc1F)C(C)C2. The first-order chi connectivity index (χ1) is 15.3. The molecule has 3 rings (SSSR count). The molecule has 0 spiro atoms. The number of fused-ring (bicyclic) bond motifs is 1. The van der Waals surface area contributed by atoms with E-state index in [9.17, 15) is 35.9 Å². The lowest BCUT2D eigenvalue weighted by Gasteiger charge is -2.36. The van der Waals surface area contributed by atoms with E-state index in [1.54, 1.807) is 0 Å². The van der Waals surface area contributed by atoms with Gasteiger partial charge in [0.05, 0.1) is 19.3 Å². The van der Waals surface area contributed by atoms with E-state index in [1.807, 2.05) is 0 Å². The van der Waals surface area contributed by atoms with Crippen molar-refractivity contribution in [3.05, 3.63) is 52.4 Å². The third-order valence-corrected chi connectivity index (χ3v) is 5.33. The fraction of sp³-hybridized carbons (Fsp3) is 0.450. The van der Waals surface area contributed by atoms with E-state index in [2.05, 4.69) is 9.72 Å². The number of rotatable bonds is 5. The summed E-state index contributed by atoms with van der Waals surface area (Å²) >= 11 is 0. The summed E-state index contributed by atoms with van der Waals surface area (Å²) in [4.78, 5) is 29.4. The standard InChI is InChI=1S/C20H20F6N4O3/c1-9-7-30-15(17(18(32)33-2)28-19(30)20(24,25)26)8-29(9)16(31)5-11(27)3-10-4-13(22)14(23)6-12(10)21/h4,6,9,11H,3,5,7-8,27H2,1-2H3/t9?,11-/m1/s1. The lowest BCUT2D eigenvalue weighted by molar-refractivity contribution is -0.148. The number of aromatic nitrogens is 2. The van der Waals surface area contributed by atoms with Crippen LogP contribution in [0.1, 0.15) is 40.9 Å². The number of carbonyl (C=O) groups excluding carboxylic acids is 2. The average molecular weight is 478 g/mol. The van der Waals surface area contributed by atoms with Gasteiger partial charge in [0.25, 0.3) is 0 Å². The second kappa shape index (κ2) is 9.04. The topological polar surface area (TPSA) is 90.5 Å². The van der Waals surface area contributed by atoms with Crippen LogP contribution in [-0.2, 0) is 35.2 Å². The fourth-order valence-electron chi connectivity index (χ4n) is 3.75. The maximum absolute atomic E-state index is 13.9. The van der Waals surface area contributed by atoms with Gasteiger partial charge < -0.3 is 19.9 Å². The van der Waals surface area contributed by atoms with Gasteiger partial charge in [-0.15, -0.1) is 0 Å². The van der Waals surface area contributed by atoms with Crippen LogP contribution in [0.3, 0.4) is 0 Å². The van der Waals surface area contributed by atoms with Crippen LogP contribution in [0.5, 0.6) is 0 Å². The van der Waals surface area contributed by atoms with Gasteiger partial charge in [-0.2, -0.15) is 13.2 Å². The molecule has 1 aromatic carbocycles. The van der Waals surface area contributed by atoms with Crippen molar-refractivity contribution >= 4 is 11.9 Å². The number of imidazole rings is 1. The van der Waals surface area contributed by atoms with Crippen LogP contribution in [0.4, 0.5) is 26.3 Å². The number of nitrogens with zero attached hydrogens (tertiary/aromatic N) is 3. The second-order valence-electron chi connectivity index (χ2n) is 7.73. The molecule has 0 bridgehead atoms. The van der Waals surface area contributed by atoms with E-state index in [4.69, 9.17) is 5.73 Å². The Kier molecular flexibility index (Phi) is 6.73. The zero-order chi connectivity index (χ0) is 24.7. The van der Waals surface area contributed by atoms with Crippen molar-refractivity contribution in [1.82, 2.24) is 14.5 Å². The van der Waals surface area contributed by atoms with E-state index >= 15 is 0 Å². The van der Waals surface area contributed by atoms with Crippen LogP contribution in [0, 0.1) is 17.5 Å². The van der Waals surface area contributed by atoms with Crippen molar-refractivity contribution in [3.8, 4) is 0 Å². The maximum atomic E-state index is 13.9. The molecular weight excluding hydrogens is 458 g/mol. The highest BCUT2D eigenvalue weighted by Crippen LogP contribution is 2.34. The minimum absolute atomic E-state index is 0.138. The minimum Gasteiger partial charge on any atom is -0.464 e. The maximum Gasteiger partial charge on any atom is 0.449 e. The van der Waals surface area contributed by atoms with Gasteiger partial charge in [-0.3, -0.25) is 4.79 Å². The number of esters is 1. The molecule has 0 saturated carbocycles. The monoisotopic (exact) mass is 478 g/mol. The average Bonchev–Trinajstić information content (AvgIpc) is 3.09. The number of benzene rings is 1. The van der Waals surface area contributed by atoms with Crippen molar-refractivity contribution in [3.63, 3.8) is 0 Å². The van der Waals surface area contributed by atoms with Crippen LogP contribution in [0.15, 0.2) is 12.1 Å². The summed E-state index contributed by atoms with van der Waals surface area (Å²) < 4.78 is 85.9. The molecule has 2 atom stereocenters. The Morgan fingerprint density at radius 3 is 2.45 bits per heavy atom. The highest BCUT2D eigenvalue weighted by Gasteiger charge is 2.43. The lowest BCUT2D eigenvalue weighted by Crippen LogP contribution is -2.47. The summed E-state index contributed by atoms with van der Waals surface area (Å²) in [5.74, 6) is -6.58. The van der Waals surface area contributed by atoms with Gasteiger partial charge in [0.15, 0.2) is 17.3 Å². The number of hydrogen-bond acceptors (Lipinski definition) is 5. The van der Waals surface area contributed by atoms with E-state index in [0.717, 1.165) is 11.7 Å². The van der Waals surface area contributed by atoms with Gasteiger partial charge >= 0.3 is 12.1 Å². The quantitative estimate of drug-likeness (QED) is 0.406. The van der Waals surface area contributed by atoms with Crippen molar-refractivity contribution in [1.29, 1.82) is 0 Å². The van der Waals surface area contributed by atoms with Gasteiger partial charge in [0.2, 0.25) is 11.7 Å². The molecule has 1 amide bonds. The third kappa shape index (κ3) is 4.97. The molecule has 0 aliphatic carbocycles. The minimum atomic E-state index is -4.83. The van der Waals surface area contributed by atoms with E-state index in [0.29, 0.717) is 12.1 Å². The summed E-state index contributed by atoms with van der Waals surface area (Å²) in [6.45, 7) is 0.867. The first-order valence-corrected chi connectivity index (χ1v) is 9.76. The number of alkyl halides is 3. The Balaban J connectivity index is 1.80. The van der Waals surface area contributed by atoms with Gasteiger partial charge in [-0.25, -0.2) is 22.9 Å². The number of ether oxygens (including phenoxy) is 1. The van der Waals surface area contributed by atoms with Crippen molar-refractivity contribution in [2.75, 3.05) is 7.11 Å². The lowest BCUT2D eigenvalue weighted by atomic mass is 10.0. The molecule has 1 aliphatic rings. The van der Waals surface area contributed by atoms with Crippen LogP contribution in [0.25, 0.3) is 0 Å². The van der Waals surface area contributed by atoms with Crippen LogP contribution < -0.4 is 5.73 Å². The van der Waals surface area contributed by atoms with Crippen LogP contribution >= 0.6 is 0 Å². The number of hydrogen-bond donors (Lipinski definition) is 1. The zero-order valence-corrected chi connectivity index (χ0v) is 17.5. The molecule has 1 unspecified atom stereocenters. The zero-order valence-electron chi connectivity index (χ0n) is 17.5. The molecule has 2 N–H and O–H groups in total. The van der Waals surface area contributed by atoms with Gasteiger partial charge in [0.1, 0.15) is 5.82 Å². The van der Waals surface area contributed by atoms with Gasteiger partial charge in [0, 0.05) is 31.1 Å². The summed E-state index contributed by atoms with van der Waals surface area (Å²) in [6, 6.07) is -0.669.